The van der Waals surface area contributed by atoms with E-state index in [1.54, 1.807) is 0 Å². The summed E-state index contributed by atoms with van der Waals surface area (Å²) in [4.78, 5) is 11.9. The van der Waals surface area contributed by atoms with E-state index in [4.69, 9.17) is 0 Å². The number of carbonyl (C=O) groups is 1. The maximum Gasteiger partial charge on any atom is 0.243 e. The number of hydrogen-bond acceptors (Lipinski definition) is 2. The quantitative estimate of drug-likeness (QED) is 0.884. The average molecular weight is 333 g/mol. The van der Waals surface area contributed by atoms with Gasteiger partial charge in [-0.25, -0.2) is 0 Å². The van der Waals surface area contributed by atoms with Crippen molar-refractivity contribution in [3.05, 3.63) is 58.1 Å². The molecule has 2 aromatic carbocycles. The zero-order valence-corrected chi connectivity index (χ0v) is 13.1. The zero-order chi connectivity index (χ0) is 14.5. The fraction of sp³-hybridized carbons (Fsp3) is 0.188. The van der Waals surface area contributed by atoms with Gasteiger partial charge in [-0.3, -0.25) is 4.79 Å². The van der Waals surface area contributed by atoms with E-state index in [2.05, 4.69) is 39.6 Å². The molecule has 0 aliphatic rings. The molecule has 0 aliphatic carbocycles. The third kappa shape index (κ3) is 4.10. The predicted octanol–water partition coefficient (Wildman–Crippen LogP) is 4.12. The molecule has 2 aromatic rings. The number of rotatable bonds is 4. The van der Waals surface area contributed by atoms with Crippen LogP contribution in [0.2, 0.25) is 0 Å². The Morgan fingerprint density at radius 3 is 2.65 bits per heavy atom. The van der Waals surface area contributed by atoms with Crippen LogP contribution in [0.5, 0.6) is 0 Å². The highest BCUT2D eigenvalue weighted by Gasteiger charge is 2.04. The van der Waals surface area contributed by atoms with Gasteiger partial charge in [0.05, 0.1) is 6.54 Å². The average Bonchev–Trinajstić information content (AvgIpc) is 2.37. The Balaban J connectivity index is 1.92. The van der Waals surface area contributed by atoms with Crippen molar-refractivity contribution in [2.75, 3.05) is 17.2 Å². The van der Waals surface area contributed by atoms with Gasteiger partial charge in [-0.15, -0.1) is 0 Å². The van der Waals surface area contributed by atoms with E-state index in [-0.39, 0.29) is 12.5 Å². The van der Waals surface area contributed by atoms with Gasteiger partial charge in [0.15, 0.2) is 0 Å². The zero-order valence-electron chi connectivity index (χ0n) is 11.5. The maximum absolute atomic E-state index is 11.9. The molecule has 4 heteroatoms. The molecule has 0 aliphatic heterocycles. The van der Waals surface area contributed by atoms with Gasteiger partial charge < -0.3 is 10.6 Å². The third-order valence-electron chi connectivity index (χ3n) is 2.93. The summed E-state index contributed by atoms with van der Waals surface area (Å²) in [6.45, 7) is 4.33. The molecule has 2 rings (SSSR count). The predicted molar refractivity (Wildman–Crippen MR) is 87.2 cm³/mol. The molecule has 2 N–H and O–H groups in total. The SMILES string of the molecule is Cc1ccc(NCC(=O)Nc2cccc(Br)c2)c(C)c1. The van der Waals surface area contributed by atoms with Gasteiger partial charge in [-0.05, 0) is 43.7 Å². The molecule has 0 saturated heterocycles. The van der Waals surface area contributed by atoms with Gasteiger partial charge >= 0.3 is 0 Å². The fourth-order valence-electron chi connectivity index (χ4n) is 1.96. The molecule has 0 spiro atoms. The molecule has 0 bridgehead atoms. The van der Waals surface area contributed by atoms with Gasteiger partial charge in [-0.2, -0.15) is 0 Å². The minimum Gasteiger partial charge on any atom is -0.376 e. The Kier molecular flexibility index (Phi) is 4.79. The molecule has 1 amide bonds. The molecule has 0 unspecified atom stereocenters. The largest absolute Gasteiger partial charge is 0.376 e. The second-order valence-electron chi connectivity index (χ2n) is 4.73. The van der Waals surface area contributed by atoms with E-state index in [1.807, 2.05) is 43.3 Å². The Bertz CT molecular complexity index is 626. The first-order valence-electron chi connectivity index (χ1n) is 6.41. The van der Waals surface area contributed by atoms with E-state index in [1.165, 1.54) is 5.56 Å². The van der Waals surface area contributed by atoms with Crippen molar-refractivity contribution in [1.29, 1.82) is 0 Å². The Morgan fingerprint density at radius 2 is 1.95 bits per heavy atom. The van der Waals surface area contributed by atoms with Gasteiger partial charge in [0.1, 0.15) is 0 Å². The molecule has 20 heavy (non-hydrogen) atoms. The van der Waals surface area contributed by atoms with E-state index >= 15 is 0 Å². The number of carbonyl (C=O) groups excluding carboxylic acids is 1. The molecule has 104 valence electrons. The van der Waals surface area contributed by atoms with Gasteiger partial charge in [0.2, 0.25) is 5.91 Å². The maximum atomic E-state index is 11.9. The summed E-state index contributed by atoms with van der Waals surface area (Å²) in [7, 11) is 0. The molecule has 0 atom stereocenters. The number of halogens is 1. The van der Waals surface area contributed by atoms with Gasteiger partial charge in [0.25, 0.3) is 0 Å². The molecule has 0 aromatic heterocycles. The number of anilines is 2. The minimum absolute atomic E-state index is 0.0666. The molecule has 0 fully saturated rings. The number of amides is 1. The van der Waals surface area contributed by atoms with E-state index < -0.39 is 0 Å². The van der Waals surface area contributed by atoms with Crippen LogP contribution in [0.3, 0.4) is 0 Å². The first-order valence-corrected chi connectivity index (χ1v) is 7.20. The second kappa shape index (κ2) is 6.57. The molecular formula is C16H17BrN2O. The van der Waals surface area contributed by atoms with Crippen molar-refractivity contribution >= 4 is 33.2 Å². The Labute approximate surface area is 127 Å². The number of hydrogen-bond donors (Lipinski definition) is 2. The monoisotopic (exact) mass is 332 g/mol. The number of nitrogens with one attached hydrogen (secondary N) is 2. The topological polar surface area (TPSA) is 41.1 Å². The van der Waals surface area contributed by atoms with Crippen LogP contribution in [0.4, 0.5) is 11.4 Å². The Morgan fingerprint density at radius 1 is 1.15 bits per heavy atom. The highest BCUT2D eigenvalue weighted by molar-refractivity contribution is 9.10. The van der Waals surface area contributed by atoms with Crippen LogP contribution in [0.25, 0.3) is 0 Å². The smallest absolute Gasteiger partial charge is 0.243 e. The second-order valence-corrected chi connectivity index (χ2v) is 5.65. The fourth-order valence-corrected chi connectivity index (χ4v) is 2.36. The van der Waals surface area contributed by atoms with Crippen LogP contribution in [0.15, 0.2) is 46.9 Å². The lowest BCUT2D eigenvalue weighted by atomic mass is 10.1. The van der Waals surface area contributed by atoms with Crippen molar-refractivity contribution in [2.24, 2.45) is 0 Å². The standard InChI is InChI=1S/C16H17BrN2O/c1-11-6-7-15(12(2)8-11)18-10-16(20)19-14-5-3-4-13(17)9-14/h3-9,18H,10H2,1-2H3,(H,19,20). The highest BCUT2D eigenvalue weighted by atomic mass is 79.9. The van der Waals surface area contributed by atoms with Crippen LogP contribution in [-0.4, -0.2) is 12.5 Å². The lowest BCUT2D eigenvalue weighted by Gasteiger charge is -2.10. The van der Waals surface area contributed by atoms with Crippen LogP contribution < -0.4 is 10.6 Å². The summed E-state index contributed by atoms with van der Waals surface area (Å²) in [6, 6.07) is 13.7. The summed E-state index contributed by atoms with van der Waals surface area (Å²) in [5, 5.41) is 6.00. The van der Waals surface area contributed by atoms with Crippen molar-refractivity contribution < 1.29 is 4.79 Å². The Hall–Kier alpha value is -1.81. The summed E-state index contributed by atoms with van der Waals surface area (Å²) in [5.74, 6) is -0.0666. The summed E-state index contributed by atoms with van der Waals surface area (Å²) < 4.78 is 0.942. The van der Waals surface area contributed by atoms with Gasteiger partial charge in [0, 0.05) is 15.8 Å². The van der Waals surface area contributed by atoms with Crippen LogP contribution >= 0.6 is 15.9 Å². The highest BCUT2D eigenvalue weighted by Crippen LogP contribution is 2.17. The summed E-state index contributed by atoms with van der Waals surface area (Å²) in [6.07, 6.45) is 0. The van der Waals surface area contributed by atoms with E-state index in [0.29, 0.717) is 0 Å². The molecular weight excluding hydrogens is 316 g/mol. The summed E-state index contributed by atoms with van der Waals surface area (Å²) >= 11 is 3.38. The lowest BCUT2D eigenvalue weighted by molar-refractivity contribution is -0.114. The van der Waals surface area contributed by atoms with Crippen molar-refractivity contribution in [2.45, 2.75) is 13.8 Å². The van der Waals surface area contributed by atoms with Crippen molar-refractivity contribution in [1.82, 2.24) is 0 Å². The molecule has 0 radical (unpaired) electrons. The minimum atomic E-state index is -0.0666. The first kappa shape index (κ1) is 14.6. The molecule has 0 heterocycles. The van der Waals surface area contributed by atoms with Crippen LogP contribution in [-0.2, 0) is 4.79 Å². The van der Waals surface area contributed by atoms with Crippen LogP contribution in [0, 0.1) is 13.8 Å². The summed E-state index contributed by atoms with van der Waals surface area (Å²) in [5.41, 5.74) is 4.12. The molecule has 3 nitrogen and oxygen atoms in total. The van der Waals surface area contributed by atoms with Crippen molar-refractivity contribution in [3.8, 4) is 0 Å². The third-order valence-corrected chi connectivity index (χ3v) is 3.42. The first-order chi connectivity index (χ1) is 9.54. The van der Waals surface area contributed by atoms with Crippen LogP contribution in [0.1, 0.15) is 11.1 Å². The number of benzene rings is 2. The van der Waals surface area contributed by atoms with Gasteiger partial charge in [-0.1, -0.05) is 39.7 Å². The number of aryl methyl sites for hydroxylation is 2. The van der Waals surface area contributed by atoms with E-state index in [9.17, 15) is 4.79 Å². The lowest BCUT2D eigenvalue weighted by Crippen LogP contribution is -2.22. The normalized spacial score (nSPS) is 10.2. The molecule has 0 saturated carbocycles. The van der Waals surface area contributed by atoms with E-state index in [0.717, 1.165) is 21.4 Å². The van der Waals surface area contributed by atoms with Crippen molar-refractivity contribution in [3.63, 3.8) is 0 Å².